The zero-order valence-electron chi connectivity index (χ0n) is 10.6. The molecule has 0 saturated carbocycles. The van der Waals surface area contributed by atoms with Crippen molar-refractivity contribution >= 4 is 21.6 Å². The van der Waals surface area contributed by atoms with E-state index in [1.54, 1.807) is 0 Å². The second-order valence-electron chi connectivity index (χ2n) is 5.29. The van der Waals surface area contributed by atoms with Crippen LogP contribution in [0.2, 0.25) is 0 Å². The molecule has 2 rings (SSSR count). The summed E-state index contributed by atoms with van der Waals surface area (Å²) in [7, 11) is 0. The minimum atomic E-state index is 0.211. The lowest BCUT2D eigenvalue weighted by Gasteiger charge is -2.23. The van der Waals surface area contributed by atoms with Gasteiger partial charge in [0.2, 0.25) is 0 Å². The molecule has 17 heavy (non-hydrogen) atoms. The van der Waals surface area contributed by atoms with Gasteiger partial charge in [0.1, 0.15) is 0 Å². The molecular formula is C14H21BrN2. The van der Waals surface area contributed by atoms with Crippen molar-refractivity contribution < 1.29 is 0 Å². The standard InChI is InChI=1S/C14H21BrN2/c1-10-5-6-17(9-10)14-4-3-13(15)8-12(14)7-11(2)16/h3-4,8,10-11H,5-7,9,16H2,1-2H3. The lowest BCUT2D eigenvalue weighted by Crippen LogP contribution is -2.23. The molecule has 0 aromatic heterocycles. The average molecular weight is 297 g/mol. The molecule has 0 spiro atoms. The second-order valence-corrected chi connectivity index (χ2v) is 6.21. The smallest absolute Gasteiger partial charge is 0.0400 e. The molecule has 0 radical (unpaired) electrons. The van der Waals surface area contributed by atoms with E-state index in [0.717, 1.165) is 16.8 Å². The van der Waals surface area contributed by atoms with Crippen molar-refractivity contribution in [3.8, 4) is 0 Å². The summed E-state index contributed by atoms with van der Waals surface area (Å²) in [5.74, 6) is 0.807. The maximum Gasteiger partial charge on any atom is 0.0400 e. The molecular weight excluding hydrogens is 276 g/mol. The summed E-state index contributed by atoms with van der Waals surface area (Å²) in [6.45, 7) is 6.74. The van der Waals surface area contributed by atoms with E-state index in [4.69, 9.17) is 5.73 Å². The molecule has 1 heterocycles. The highest BCUT2D eigenvalue weighted by atomic mass is 79.9. The third-order valence-corrected chi connectivity index (χ3v) is 3.84. The molecule has 1 aromatic carbocycles. The lowest BCUT2D eigenvalue weighted by atomic mass is 10.0. The van der Waals surface area contributed by atoms with Crippen molar-refractivity contribution in [3.05, 3.63) is 28.2 Å². The Hall–Kier alpha value is -0.540. The molecule has 1 aliphatic rings. The van der Waals surface area contributed by atoms with E-state index < -0.39 is 0 Å². The number of halogens is 1. The predicted molar refractivity (Wildman–Crippen MR) is 77.5 cm³/mol. The molecule has 1 aromatic rings. The summed E-state index contributed by atoms with van der Waals surface area (Å²) in [6.07, 6.45) is 2.24. The van der Waals surface area contributed by atoms with Crippen LogP contribution in [0.15, 0.2) is 22.7 Å². The first-order valence-corrected chi connectivity index (χ1v) is 7.14. The second kappa shape index (κ2) is 5.40. The Kier molecular flexibility index (Phi) is 4.10. The van der Waals surface area contributed by atoms with E-state index in [2.05, 4.69) is 52.9 Å². The van der Waals surface area contributed by atoms with Crippen LogP contribution in [-0.2, 0) is 6.42 Å². The van der Waals surface area contributed by atoms with E-state index in [9.17, 15) is 0 Å². The van der Waals surface area contributed by atoms with Crippen LogP contribution in [-0.4, -0.2) is 19.1 Å². The Morgan fingerprint density at radius 2 is 2.29 bits per heavy atom. The fourth-order valence-corrected chi connectivity index (χ4v) is 2.94. The van der Waals surface area contributed by atoms with Crippen molar-refractivity contribution in [2.24, 2.45) is 11.7 Å². The molecule has 0 amide bonds. The summed E-state index contributed by atoms with van der Waals surface area (Å²) >= 11 is 3.55. The Morgan fingerprint density at radius 3 is 2.88 bits per heavy atom. The van der Waals surface area contributed by atoms with E-state index in [1.165, 1.54) is 30.8 Å². The van der Waals surface area contributed by atoms with Gasteiger partial charge in [0, 0.05) is 29.3 Å². The first-order chi connectivity index (χ1) is 8.06. The van der Waals surface area contributed by atoms with Gasteiger partial charge in [-0.05, 0) is 49.4 Å². The summed E-state index contributed by atoms with van der Waals surface area (Å²) in [6, 6.07) is 6.77. The van der Waals surface area contributed by atoms with E-state index in [1.807, 2.05) is 0 Å². The van der Waals surface area contributed by atoms with Crippen LogP contribution in [0.4, 0.5) is 5.69 Å². The Morgan fingerprint density at radius 1 is 1.53 bits per heavy atom. The van der Waals surface area contributed by atoms with Crippen LogP contribution in [0.3, 0.4) is 0 Å². The van der Waals surface area contributed by atoms with Crippen molar-refractivity contribution in [1.29, 1.82) is 0 Å². The third-order valence-electron chi connectivity index (χ3n) is 3.35. The monoisotopic (exact) mass is 296 g/mol. The van der Waals surface area contributed by atoms with Gasteiger partial charge in [-0.2, -0.15) is 0 Å². The summed E-state index contributed by atoms with van der Waals surface area (Å²) in [5, 5.41) is 0. The van der Waals surface area contributed by atoms with E-state index in [0.29, 0.717) is 0 Å². The first-order valence-electron chi connectivity index (χ1n) is 6.35. The highest BCUT2D eigenvalue weighted by Gasteiger charge is 2.21. The largest absolute Gasteiger partial charge is 0.371 e. The Bertz CT molecular complexity index is 390. The van der Waals surface area contributed by atoms with Gasteiger partial charge in [-0.15, -0.1) is 0 Å². The zero-order chi connectivity index (χ0) is 12.4. The normalized spacial score (nSPS) is 21.9. The van der Waals surface area contributed by atoms with Crippen molar-refractivity contribution in [2.75, 3.05) is 18.0 Å². The SMILES string of the molecule is CC(N)Cc1cc(Br)ccc1N1CCC(C)C1. The van der Waals surface area contributed by atoms with Crippen molar-refractivity contribution in [2.45, 2.75) is 32.7 Å². The minimum Gasteiger partial charge on any atom is -0.371 e. The maximum absolute atomic E-state index is 5.94. The highest BCUT2D eigenvalue weighted by molar-refractivity contribution is 9.10. The van der Waals surface area contributed by atoms with Crippen molar-refractivity contribution in [1.82, 2.24) is 0 Å². The third kappa shape index (κ3) is 3.23. The number of benzene rings is 1. The average Bonchev–Trinajstić information content (AvgIpc) is 2.64. The van der Waals surface area contributed by atoms with Gasteiger partial charge in [0.15, 0.2) is 0 Å². The predicted octanol–water partition coefficient (Wildman–Crippen LogP) is 3.19. The van der Waals surface area contributed by atoms with Gasteiger partial charge in [-0.25, -0.2) is 0 Å². The molecule has 3 heteroatoms. The molecule has 2 unspecified atom stereocenters. The molecule has 2 N–H and O–H groups in total. The number of anilines is 1. The number of hydrogen-bond donors (Lipinski definition) is 1. The molecule has 1 saturated heterocycles. The number of nitrogens with zero attached hydrogens (tertiary/aromatic N) is 1. The lowest BCUT2D eigenvalue weighted by molar-refractivity contribution is 0.659. The van der Waals surface area contributed by atoms with Gasteiger partial charge in [0.25, 0.3) is 0 Å². The van der Waals surface area contributed by atoms with Crippen LogP contribution in [0.25, 0.3) is 0 Å². The van der Waals surface area contributed by atoms with E-state index >= 15 is 0 Å². The molecule has 94 valence electrons. The summed E-state index contributed by atoms with van der Waals surface area (Å²) in [5.41, 5.74) is 8.67. The molecule has 1 aliphatic heterocycles. The van der Waals surface area contributed by atoms with Gasteiger partial charge in [-0.3, -0.25) is 0 Å². The fraction of sp³-hybridized carbons (Fsp3) is 0.571. The molecule has 2 nitrogen and oxygen atoms in total. The van der Waals surface area contributed by atoms with E-state index in [-0.39, 0.29) is 6.04 Å². The summed E-state index contributed by atoms with van der Waals surface area (Å²) in [4.78, 5) is 2.49. The fourth-order valence-electron chi connectivity index (χ4n) is 2.53. The Labute approximate surface area is 112 Å². The molecule has 2 atom stereocenters. The van der Waals surface area contributed by atoms with Crippen molar-refractivity contribution in [3.63, 3.8) is 0 Å². The molecule has 0 aliphatic carbocycles. The number of nitrogens with two attached hydrogens (primary N) is 1. The number of hydrogen-bond acceptors (Lipinski definition) is 2. The minimum absolute atomic E-state index is 0.211. The van der Waals surface area contributed by atoms with Crippen LogP contribution in [0.5, 0.6) is 0 Å². The van der Waals surface area contributed by atoms with Crippen LogP contribution >= 0.6 is 15.9 Å². The van der Waals surface area contributed by atoms with Crippen LogP contribution in [0, 0.1) is 5.92 Å². The quantitative estimate of drug-likeness (QED) is 0.928. The molecule has 0 bridgehead atoms. The highest BCUT2D eigenvalue weighted by Crippen LogP contribution is 2.29. The topological polar surface area (TPSA) is 29.3 Å². The zero-order valence-corrected chi connectivity index (χ0v) is 12.2. The Balaban J connectivity index is 2.25. The molecule has 1 fully saturated rings. The van der Waals surface area contributed by atoms with Gasteiger partial charge in [-0.1, -0.05) is 22.9 Å². The first kappa shape index (κ1) is 12.9. The van der Waals surface area contributed by atoms with Gasteiger partial charge < -0.3 is 10.6 Å². The van der Waals surface area contributed by atoms with Gasteiger partial charge in [0.05, 0.1) is 0 Å². The maximum atomic E-state index is 5.94. The van der Waals surface area contributed by atoms with Crippen LogP contribution in [0.1, 0.15) is 25.8 Å². The number of rotatable bonds is 3. The summed E-state index contributed by atoms with van der Waals surface area (Å²) < 4.78 is 1.14. The van der Waals surface area contributed by atoms with Gasteiger partial charge >= 0.3 is 0 Å². The van der Waals surface area contributed by atoms with Crippen LogP contribution < -0.4 is 10.6 Å².